The second-order valence-corrected chi connectivity index (χ2v) is 5.35. The first-order chi connectivity index (χ1) is 12.4. The van der Waals surface area contributed by atoms with E-state index in [4.69, 9.17) is 54.9 Å². The molecule has 8 N–H and O–H groups in total. The number of rotatable bonds is 5. The van der Waals surface area contributed by atoms with Crippen LogP contribution in [-0.2, 0) is 19.2 Å². The molecule has 0 amide bonds. The monoisotopic (exact) mass is 418 g/mol. The molecule has 0 saturated heterocycles. The summed E-state index contributed by atoms with van der Waals surface area (Å²) in [6.45, 7) is 7.36. The minimum atomic E-state index is -0.922. The molecule has 0 bridgehead atoms. The first kappa shape index (κ1) is 36.6. The molecule has 0 rings (SSSR count). The van der Waals surface area contributed by atoms with Crippen molar-refractivity contribution in [2.45, 2.75) is 66.3 Å². The summed E-state index contributed by atoms with van der Waals surface area (Å²) in [5.41, 5.74) is 0. The second kappa shape index (κ2) is 24.7. The van der Waals surface area contributed by atoms with Crippen LogP contribution in [0, 0.1) is 5.92 Å². The molecular formula is C16H34O12. The molecule has 0 aliphatic carbocycles. The first-order valence-electron chi connectivity index (χ1n) is 7.85. The molecule has 0 aliphatic rings. The number of carbonyl (C=O) groups is 4. The maximum atomic E-state index is 9.31. The van der Waals surface area contributed by atoms with Gasteiger partial charge in [-0.05, 0) is 6.92 Å². The lowest BCUT2D eigenvalue weighted by Gasteiger charge is -2.21. The Balaban J connectivity index is -0.0000000910. The fourth-order valence-electron chi connectivity index (χ4n) is 0.798. The van der Waals surface area contributed by atoms with Gasteiger partial charge in [0.2, 0.25) is 0 Å². The van der Waals surface area contributed by atoms with E-state index in [0.29, 0.717) is 0 Å². The molecule has 0 fully saturated rings. The zero-order chi connectivity index (χ0) is 24.0. The second-order valence-electron chi connectivity index (χ2n) is 5.35. The third-order valence-corrected chi connectivity index (χ3v) is 1.98. The van der Waals surface area contributed by atoms with E-state index in [1.165, 1.54) is 6.92 Å². The Kier molecular flexibility index (Phi) is 32.3. The number of hydrogen-bond acceptors (Lipinski definition) is 8. The van der Waals surface area contributed by atoms with Gasteiger partial charge in [0.25, 0.3) is 23.9 Å². The third-order valence-electron chi connectivity index (χ3n) is 1.98. The van der Waals surface area contributed by atoms with E-state index in [9.17, 15) is 5.11 Å². The summed E-state index contributed by atoms with van der Waals surface area (Å²) in [5, 5.41) is 65.7. The molecule has 0 spiro atoms. The van der Waals surface area contributed by atoms with Crippen LogP contribution in [0.15, 0.2) is 0 Å². The predicted octanol–water partition coefficient (Wildman–Crippen LogP) is -0.529. The Labute approximate surface area is 163 Å². The lowest BCUT2D eigenvalue weighted by molar-refractivity contribution is -0.135. The van der Waals surface area contributed by atoms with Crippen molar-refractivity contribution < 1.29 is 60.0 Å². The van der Waals surface area contributed by atoms with Crippen molar-refractivity contribution in [3.63, 3.8) is 0 Å². The summed E-state index contributed by atoms with van der Waals surface area (Å²) in [6, 6.07) is 0. The summed E-state index contributed by atoms with van der Waals surface area (Å²) in [6.07, 6.45) is -2.43. The van der Waals surface area contributed by atoms with E-state index in [2.05, 4.69) is 0 Å². The van der Waals surface area contributed by atoms with E-state index >= 15 is 0 Å². The summed E-state index contributed by atoms with van der Waals surface area (Å²) in [4.78, 5) is 36.0. The minimum Gasteiger partial charge on any atom is -0.481 e. The molecule has 12 nitrogen and oxygen atoms in total. The average molecular weight is 418 g/mol. The normalized spacial score (nSPS) is 12.8. The van der Waals surface area contributed by atoms with Gasteiger partial charge in [0.05, 0.1) is 18.3 Å². The maximum Gasteiger partial charge on any atom is 0.300 e. The number of aliphatic carboxylic acids is 4. The standard InChI is InChI=1S/C8H18O4.4C2H4O2/c1-5(4-9)7(11)3-8(12)6(2)10;4*1-2(3)4/h5-12H,3-4H2,1-2H3;4*1H3,(H,3,4). The van der Waals surface area contributed by atoms with E-state index in [1.54, 1.807) is 6.92 Å². The van der Waals surface area contributed by atoms with Crippen LogP contribution in [0.1, 0.15) is 48.0 Å². The number of aliphatic hydroxyl groups is 4. The first-order valence-corrected chi connectivity index (χ1v) is 7.85. The number of aliphatic hydroxyl groups excluding tert-OH is 4. The van der Waals surface area contributed by atoms with Gasteiger partial charge in [-0.2, -0.15) is 0 Å². The van der Waals surface area contributed by atoms with Gasteiger partial charge in [-0.1, -0.05) is 6.92 Å². The van der Waals surface area contributed by atoms with E-state index in [1.807, 2.05) is 0 Å². The van der Waals surface area contributed by atoms with Gasteiger partial charge in [-0.3, -0.25) is 19.2 Å². The van der Waals surface area contributed by atoms with Gasteiger partial charge in [-0.15, -0.1) is 0 Å². The van der Waals surface area contributed by atoms with E-state index in [-0.39, 0.29) is 18.9 Å². The molecule has 0 aliphatic heterocycles. The van der Waals surface area contributed by atoms with Crippen molar-refractivity contribution in [3.05, 3.63) is 0 Å². The predicted molar refractivity (Wildman–Crippen MR) is 97.8 cm³/mol. The van der Waals surface area contributed by atoms with Crippen LogP contribution >= 0.6 is 0 Å². The summed E-state index contributed by atoms with van der Waals surface area (Å²) in [5.74, 6) is -3.60. The number of carboxylic acids is 4. The van der Waals surface area contributed by atoms with Gasteiger partial charge < -0.3 is 40.9 Å². The van der Waals surface area contributed by atoms with Gasteiger partial charge in [0.1, 0.15) is 0 Å². The highest BCUT2D eigenvalue weighted by molar-refractivity contribution is 5.63. The smallest absolute Gasteiger partial charge is 0.300 e. The topological polar surface area (TPSA) is 230 Å². The third kappa shape index (κ3) is 89.1. The summed E-state index contributed by atoms with van der Waals surface area (Å²) < 4.78 is 0. The zero-order valence-corrected chi connectivity index (χ0v) is 16.9. The Bertz CT molecular complexity index is 344. The van der Waals surface area contributed by atoms with Crippen LogP contribution in [-0.4, -0.2) is 89.6 Å². The van der Waals surface area contributed by atoms with E-state index in [0.717, 1.165) is 27.7 Å². The van der Waals surface area contributed by atoms with Crippen molar-refractivity contribution in [2.24, 2.45) is 5.92 Å². The van der Waals surface area contributed by atoms with Gasteiger partial charge in [0, 0.05) is 46.6 Å². The van der Waals surface area contributed by atoms with Crippen molar-refractivity contribution in [1.82, 2.24) is 0 Å². The van der Waals surface area contributed by atoms with Crippen molar-refractivity contribution in [2.75, 3.05) is 6.61 Å². The highest BCUT2D eigenvalue weighted by atomic mass is 16.4. The average Bonchev–Trinajstić information content (AvgIpc) is 2.43. The van der Waals surface area contributed by atoms with Gasteiger partial charge in [-0.25, -0.2) is 0 Å². The number of carboxylic acid groups (broad SMARTS) is 4. The Morgan fingerprint density at radius 3 is 1.00 bits per heavy atom. The minimum absolute atomic E-state index is 0.0966. The fraction of sp³-hybridized carbons (Fsp3) is 0.750. The van der Waals surface area contributed by atoms with Crippen LogP contribution in [0.3, 0.4) is 0 Å². The van der Waals surface area contributed by atoms with Crippen LogP contribution in [0.25, 0.3) is 0 Å². The fourth-order valence-corrected chi connectivity index (χ4v) is 0.798. The molecule has 0 saturated carbocycles. The molecule has 0 aromatic rings. The molecule has 0 aromatic carbocycles. The SMILES string of the molecule is CC(=O)O.CC(=O)O.CC(=O)O.CC(=O)O.CC(O)C(O)CC(O)C(C)CO. The molecule has 170 valence electrons. The van der Waals surface area contributed by atoms with Crippen LogP contribution in [0.5, 0.6) is 0 Å². The Morgan fingerprint density at radius 2 is 0.857 bits per heavy atom. The quantitative estimate of drug-likeness (QED) is 0.281. The zero-order valence-electron chi connectivity index (χ0n) is 16.9. The van der Waals surface area contributed by atoms with Crippen molar-refractivity contribution in [3.8, 4) is 0 Å². The van der Waals surface area contributed by atoms with Gasteiger partial charge >= 0.3 is 0 Å². The molecular weight excluding hydrogens is 384 g/mol. The molecule has 4 unspecified atom stereocenters. The molecule has 0 heterocycles. The lowest BCUT2D eigenvalue weighted by atomic mass is 9.98. The highest BCUT2D eigenvalue weighted by Crippen LogP contribution is 2.10. The molecule has 4 atom stereocenters. The van der Waals surface area contributed by atoms with Crippen LogP contribution < -0.4 is 0 Å². The van der Waals surface area contributed by atoms with E-state index < -0.39 is 42.2 Å². The molecule has 12 heteroatoms. The molecule has 0 aromatic heterocycles. The van der Waals surface area contributed by atoms with Gasteiger partial charge in [0.15, 0.2) is 0 Å². The largest absolute Gasteiger partial charge is 0.481 e. The molecule has 28 heavy (non-hydrogen) atoms. The summed E-state index contributed by atoms with van der Waals surface area (Å²) in [7, 11) is 0. The van der Waals surface area contributed by atoms with Crippen LogP contribution in [0.2, 0.25) is 0 Å². The maximum absolute atomic E-state index is 9.31. The van der Waals surface area contributed by atoms with Crippen LogP contribution in [0.4, 0.5) is 0 Å². The highest BCUT2D eigenvalue weighted by Gasteiger charge is 2.20. The summed E-state index contributed by atoms with van der Waals surface area (Å²) >= 11 is 0. The lowest BCUT2D eigenvalue weighted by Crippen LogP contribution is -2.31. The van der Waals surface area contributed by atoms with Crippen molar-refractivity contribution >= 4 is 23.9 Å². The Morgan fingerprint density at radius 1 is 0.643 bits per heavy atom. The molecule has 0 radical (unpaired) electrons. The van der Waals surface area contributed by atoms with Crippen molar-refractivity contribution in [1.29, 1.82) is 0 Å². The number of hydrogen-bond donors (Lipinski definition) is 8. The Hall–Kier alpha value is -2.28.